The summed E-state index contributed by atoms with van der Waals surface area (Å²) in [7, 11) is 0. The Morgan fingerprint density at radius 1 is 1.17 bits per heavy atom. The maximum absolute atomic E-state index is 14.1. The van der Waals surface area contributed by atoms with Crippen LogP contribution in [-0.2, 0) is 6.54 Å². The summed E-state index contributed by atoms with van der Waals surface area (Å²) in [5.41, 5.74) is 1.12. The van der Waals surface area contributed by atoms with Gasteiger partial charge in [-0.05, 0) is 23.8 Å². The second-order valence-corrected chi connectivity index (χ2v) is 4.81. The number of hydrogen-bond acceptors (Lipinski definition) is 3. The molecule has 1 amide bonds. The fourth-order valence-electron chi connectivity index (χ4n) is 2.10. The quantitative estimate of drug-likeness (QED) is 0.753. The molecule has 0 aliphatic heterocycles. The number of carbonyl (C=O) groups is 1. The first kappa shape index (κ1) is 14.8. The molecular weight excluding hydrogens is 302 g/mol. The van der Waals surface area contributed by atoms with E-state index in [0.29, 0.717) is 11.3 Å². The molecule has 0 aliphatic carbocycles. The van der Waals surface area contributed by atoms with Gasteiger partial charge in [0, 0.05) is 36.8 Å². The van der Waals surface area contributed by atoms with Crippen molar-refractivity contribution in [1.29, 1.82) is 0 Å². The van der Waals surface area contributed by atoms with Gasteiger partial charge in [0.25, 0.3) is 5.91 Å². The minimum Gasteiger partial charge on any atom is -0.348 e. The van der Waals surface area contributed by atoms with Gasteiger partial charge in [0.2, 0.25) is 5.95 Å². The lowest BCUT2D eigenvalue weighted by Gasteiger charge is -2.08. The van der Waals surface area contributed by atoms with Gasteiger partial charge in [0.1, 0.15) is 5.82 Å². The number of benzene rings is 1. The van der Waals surface area contributed by atoms with E-state index in [1.807, 2.05) is 0 Å². The number of aromatic nitrogens is 3. The Morgan fingerprint density at radius 3 is 2.74 bits per heavy atom. The summed E-state index contributed by atoms with van der Waals surface area (Å²) in [6.45, 7) is 0.129. The number of hydrogen-bond donors (Lipinski definition) is 1. The lowest BCUT2D eigenvalue weighted by molar-refractivity contribution is 0.0950. The fraction of sp³-hybridized carbons (Fsp3) is 0.0625. The molecule has 5 nitrogen and oxygen atoms in total. The molecule has 0 bridgehead atoms. The van der Waals surface area contributed by atoms with E-state index in [0.717, 1.165) is 6.07 Å². The van der Waals surface area contributed by atoms with E-state index in [4.69, 9.17) is 0 Å². The second-order valence-electron chi connectivity index (χ2n) is 4.81. The summed E-state index contributed by atoms with van der Waals surface area (Å²) < 4.78 is 28.6. The van der Waals surface area contributed by atoms with Crippen LogP contribution in [0, 0.1) is 11.8 Å². The summed E-state index contributed by atoms with van der Waals surface area (Å²) >= 11 is 0. The topological polar surface area (TPSA) is 59.8 Å². The van der Waals surface area contributed by atoms with Crippen LogP contribution in [0.25, 0.3) is 5.69 Å². The van der Waals surface area contributed by atoms with Gasteiger partial charge in [-0.25, -0.2) is 14.4 Å². The Balaban J connectivity index is 1.69. The maximum atomic E-state index is 14.1. The lowest BCUT2D eigenvalue weighted by Crippen LogP contribution is -2.23. The molecule has 0 saturated heterocycles. The highest BCUT2D eigenvalue weighted by atomic mass is 19.1. The maximum Gasteiger partial charge on any atom is 0.251 e. The van der Waals surface area contributed by atoms with Gasteiger partial charge < -0.3 is 9.88 Å². The monoisotopic (exact) mass is 314 g/mol. The molecule has 23 heavy (non-hydrogen) atoms. The van der Waals surface area contributed by atoms with E-state index in [1.54, 1.807) is 29.1 Å². The smallest absolute Gasteiger partial charge is 0.251 e. The van der Waals surface area contributed by atoms with Crippen LogP contribution in [0.4, 0.5) is 8.78 Å². The van der Waals surface area contributed by atoms with Crippen LogP contribution >= 0.6 is 0 Å². The number of carbonyl (C=O) groups excluding carboxylic acids is 1. The summed E-state index contributed by atoms with van der Waals surface area (Å²) in [6, 6.07) is 7.08. The molecule has 116 valence electrons. The molecule has 0 saturated carbocycles. The normalized spacial score (nSPS) is 10.5. The minimum atomic E-state index is -0.728. The van der Waals surface area contributed by atoms with Gasteiger partial charge in [-0.3, -0.25) is 4.79 Å². The van der Waals surface area contributed by atoms with Crippen molar-refractivity contribution in [2.45, 2.75) is 6.54 Å². The van der Waals surface area contributed by atoms with Crippen molar-refractivity contribution in [3.63, 3.8) is 0 Å². The van der Waals surface area contributed by atoms with Crippen molar-refractivity contribution in [2.75, 3.05) is 0 Å². The summed E-state index contributed by atoms with van der Waals surface area (Å²) in [4.78, 5) is 19.1. The Morgan fingerprint density at radius 2 is 2.04 bits per heavy atom. The zero-order chi connectivity index (χ0) is 16.2. The van der Waals surface area contributed by atoms with Gasteiger partial charge in [-0.1, -0.05) is 6.07 Å². The molecular formula is C16H12F2N4O. The van der Waals surface area contributed by atoms with Gasteiger partial charge in [-0.15, -0.1) is 0 Å². The average molecular weight is 314 g/mol. The third-order valence-electron chi connectivity index (χ3n) is 3.24. The van der Waals surface area contributed by atoms with Gasteiger partial charge in [-0.2, -0.15) is 4.39 Å². The van der Waals surface area contributed by atoms with Crippen molar-refractivity contribution < 1.29 is 13.6 Å². The average Bonchev–Trinajstić information content (AvgIpc) is 3.07. The molecule has 7 heteroatoms. The molecule has 3 aromatic rings. The number of halogens is 2. The summed E-state index contributed by atoms with van der Waals surface area (Å²) in [6.07, 6.45) is 5.90. The lowest BCUT2D eigenvalue weighted by atomic mass is 10.2. The third-order valence-corrected chi connectivity index (χ3v) is 3.24. The minimum absolute atomic E-state index is 0.129. The van der Waals surface area contributed by atoms with E-state index in [-0.39, 0.29) is 12.1 Å². The Bertz CT molecular complexity index is 834. The largest absolute Gasteiger partial charge is 0.348 e. The highest BCUT2D eigenvalue weighted by Gasteiger charge is 2.09. The van der Waals surface area contributed by atoms with E-state index < -0.39 is 17.7 Å². The first-order chi connectivity index (χ1) is 11.1. The molecule has 0 radical (unpaired) electrons. The first-order valence-electron chi connectivity index (χ1n) is 6.80. The number of pyridine rings is 1. The zero-order valence-corrected chi connectivity index (χ0v) is 11.9. The predicted octanol–water partition coefficient (Wildman–Crippen LogP) is 2.48. The van der Waals surface area contributed by atoms with Gasteiger partial charge in [0.05, 0.1) is 12.0 Å². The van der Waals surface area contributed by atoms with Crippen molar-refractivity contribution >= 4 is 5.91 Å². The SMILES string of the molecule is O=C(NCc1ccc(-n2ccnc2)c(F)c1)c1ccnc(F)c1. The zero-order valence-electron chi connectivity index (χ0n) is 11.9. The summed E-state index contributed by atoms with van der Waals surface area (Å²) in [5, 5.41) is 2.60. The van der Waals surface area contributed by atoms with Crippen molar-refractivity contribution in [2.24, 2.45) is 0 Å². The molecule has 0 fully saturated rings. The van der Waals surface area contributed by atoms with Crippen molar-refractivity contribution in [3.05, 3.63) is 78.1 Å². The number of imidazole rings is 1. The van der Waals surface area contributed by atoms with Gasteiger partial charge in [0.15, 0.2) is 0 Å². The highest BCUT2D eigenvalue weighted by molar-refractivity contribution is 5.93. The van der Waals surface area contributed by atoms with Crippen molar-refractivity contribution in [3.8, 4) is 5.69 Å². The molecule has 2 heterocycles. The van der Waals surface area contributed by atoms with E-state index in [2.05, 4.69) is 15.3 Å². The second kappa shape index (κ2) is 6.35. The van der Waals surface area contributed by atoms with E-state index >= 15 is 0 Å². The molecule has 0 spiro atoms. The molecule has 0 aliphatic rings. The standard InChI is InChI=1S/C16H12F2N4O/c17-13-7-11(1-2-14(13)22-6-5-19-10-22)9-21-16(23)12-3-4-20-15(18)8-12/h1-8,10H,9H2,(H,21,23). The van der Waals surface area contributed by atoms with Gasteiger partial charge >= 0.3 is 0 Å². The Kier molecular flexibility index (Phi) is 4.09. The highest BCUT2D eigenvalue weighted by Crippen LogP contribution is 2.15. The fourth-order valence-corrected chi connectivity index (χ4v) is 2.10. The van der Waals surface area contributed by atoms with Crippen LogP contribution < -0.4 is 5.32 Å². The van der Waals surface area contributed by atoms with Crippen LogP contribution in [0.15, 0.2) is 55.2 Å². The number of amides is 1. The van der Waals surface area contributed by atoms with Crippen molar-refractivity contribution in [1.82, 2.24) is 19.9 Å². The van der Waals surface area contributed by atoms with Crippen LogP contribution in [0.2, 0.25) is 0 Å². The van der Waals surface area contributed by atoms with Crippen LogP contribution in [0.3, 0.4) is 0 Å². The molecule has 1 aromatic carbocycles. The van der Waals surface area contributed by atoms with Crippen LogP contribution in [0.1, 0.15) is 15.9 Å². The Labute approximate surface area is 130 Å². The third kappa shape index (κ3) is 3.39. The molecule has 2 aromatic heterocycles. The summed E-state index contributed by atoms with van der Waals surface area (Å²) in [5.74, 6) is -1.61. The van der Waals surface area contributed by atoms with Crippen LogP contribution in [0.5, 0.6) is 0 Å². The van der Waals surface area contributed by atoms with E-state index in [9.17, 15) is 13.6 Å². The van der Waals surface area contributed by atoms with E-state index in [1.165, 1.54) is 24.7 Å². The molecule has 0 unspecified atom stereocenters. The number of nitrogens with one attached hydrogen (secondary N) is 1. The molecule has 1 N–H and O–H groups in total. The van der Waals surface area contributed by atoms with Crippen LogP contribution in [-0.4, -0.2) is 20.4 Å². The number of rotatable bonds is 4. The molecule has 3 rings (SSSR count). The number of nitrogens with zero attached hydrogens (tertiary/aromatic N) is 3. The Hall–Kier alpha value is -3.09. The first-order valence-corrected chi connectivity index (χ1v) is 6.80. The predicted molar refractivity (Wildman–Crippen MR) is 78.9 cm³/mol. The molecule has 0 atom stereocenters.